The normalized spacial score (nSPS) is 18.5. The van der Waals surface area contributed by atoms with Gasteiger partial charge >= 0.3 is 0 Å². The summed E-state index contributed by atoms with van der Waals surface area (Å²) in [5.41, 5.74) is 0. The van der Waals surface area contributed by atoms with Gasteiger partial charge in [-0.15, -0.1) is 0 Å². The molecule has 112 valence electrons. The van der Waals surface area contributed by atoms with Crippen LogP contribution in [-0.4, -0.2) is 49.5 Å². The zero-order valence-corrected chi connectivity index (χ0v) is 12.2. The maximum Gasteiger partial charge on any atom is 0.222 e. The molecule has 1 unspecified atom stereocenters. The van der Waals surface area contributed by atoms with Crippen molar-refractivity contribution < 1.29 is 14.6 Å². The number of hydrogen-bond donors (Lipinski definition) is 3. The molecule has 0 aromatic heterocycles. The Hall–Kier alpha value is -0.650. The van der Waals surface area contributed by atoms with E-state index in [2.05, 4.69) is 10.6 Å². The van der Waals surface area contributed by atoms with Crippen LogP contribution >= 0.6 is 0 Å². The van der Waals surface area contributed by atoms with Crippen LogP contribution in [0, 0.1) is 5.92 Å². The summed E-state index contributed by atoms with van der Waals surface area (Å²) in [5, 5.41) is 15.2. The van der Waals surface area contributed by atoms with Crippen LogP contribution in [0.25, 0.3) is 0 Å². The van der Waals surface area contributed by atoms with Gasteiger partial charge in [0.25, 0.3) is 0 Å². The van der Waals surface area contributed by atoms with E-state index in [-0.39, 0.29) is 18.6 Å². The van der Waals surface area contributed by atoms with Crippen molar-refractivity contribution in [2.75, 3.05) is 26.3 Å². The highest BCUT2D eigenvalue weighted by atomic mass is 16.5. The Morgan fingerprint density at radius 3 is 2.68 bits per heavy atom. The summed E-state index contributed by atoms with van der Waals surface area (Å²) in [5.74, 6) is 0.350. The summed E-state index contributed by atoms with van der Waals surface area (Å²) in [7, 11) is 0. The van der Waals surface area contributed by atoms with E-state index in [1.54, 1.807) is 0 Å². The van der Waals surface area contributed by atoms with Crippen LogP contribution in [0.15, 0.2) is 0 Å². The number of aliphatic hydroxyl groups is 1. The molecule has 1 atom stereocenters. The molecule has 0 aromatic carbocycles. The van der Waals surface area contributed by atoms with Gasteiger partial charge in [0.2, 0.25) is 5.91 Å². The molecule has 1 rings (SSSR count). The highest BCUT2D eigenvalue weighted by molar-refractivity contribution is 5.76. The number of ether oxygens (including phenoxy) is 1. The molecule has 5 nitrogen and oxygen atoms in total. The van der Waals surface area contributed by atoms with E-state index in [9.17, 15) is 4.79 Å². The van der Waals surface area contributed by atoms with Crippen molar-refractivity contribution in [1.82, 2.24) is 10.6 Å². The van der Waals surface area contributed by atoms with E-state index >= 15 is 0 Å². The molecule has 5 heteroatoms. The summed E-state index contributed by atoms with van der Waals surface area (Å²) in [6, 6.07) is 0.0522. The minimum Gasteiger partial charge on any atom is -0.396 e. The van der Waals surface area contributed by atoms with Crippen LogP contribution < -0.4 is 10.6 Å². The number of carbonyl (C=O) groups excluding carboxylic acids is 1. The Balaban J connectivity index is 2.15. The fourth-order valence-electron chi connectivity index (χ4n) is 2.27. The first-order valence-corrected chi connectivity index (χ1v) is 7.36. The number of nitrogens with one attached hydrogen (secondary N) is 2. The lowest BCUT2D eigenvalue weighted by atomic mass is 10.0. The average Bonchev–Trinajstić information content (AvgIpc) is 2.39. The first-order chi connectivity index (χ1) is 9.13. The van der Waals surface area contributed by atoms with Crippen LogP contribution in [0.5, 0.6) is 0 Å². The first kappa shape index (κ1) is 16.4. The van der Waals surface area contributed by atoms with Gasteiger partial charge < -0.3 is 20.5 Å². The largest absolute Gasteiger partial charge is 0.396 e. The topological polar surface area (TPSA) is 70.6 Å². The second kappa shape index (κ2) is 9.28. The van der Waals surface area contributed by atoms with Crippen molar-refractivity contribution in [3.8, 4) is 0 Å². The van der Waals surface area contributed by atoms with Crippen LogP contribution in [0.4, 0.5) is 0 Å². The number of carbonyl (C=O) groups is 1. The van der Waals surface area contributed by atoms with Crippen molar-refractivity contribution in [1.29, 1.82) is 0 Å². The molecular formula is C14H28N2O3. The van der Waals surface area contributed by atoms with Crippen molar-refractivity contribution in [3.63, 3.8) is 0 Å². The second-order valence-electron chi connectivity index (χ2n) is 5.50. The van der Waals surface area contributed by atoms with Gasteiger partial charge in [-0.05, 0) is 38.3 Å². The third kappa shape index (κ3) is 6.89. The number of hydrogen-bond acceptors (Lipinski definition) is 4. The van der Waals surface area contributed by atoms with Crippen LogP contribution in [0.2, 0.25) is 0 Å². The molecule has 1 aliphatic heterocycles. The Labute approximate surface area is 116 Å². The molecule has 0 aliphatic carbocycles. The molecule has 1 aliphatic rings. The van der Waals surface area contributed by atoms with E-state index in [0.717, 1.165) is 25.9 Å². The maximum absolute atomic E-state index is 11.8. The van der Waals surface area contributed by atoms with E-state index in [4.69, 9.17) is 9.84 Å². The number of rotatable bonds is 8. The van der Waals surface area contributed by atoms with Crippen molar-refractivity contribution in [2.24, 2.45) is 5.92 Å². The Morgan fingerprint density at radius 1 is 1.42 bits per heavy atom. The fourth-order valence-corrected chi connectivity index (χ4v) is 2.27. The molecule has 1 saturated heterocycles. The van der Waals surface area contributed by atoms with Gasteiger partial charge in [0.05, 0.1) is 12.7 Å². The van der Waals surface area contributed by atoms with Crippen LogP contribution in [-0.2, 0) is 9.53 Å². The molecule has 0 radical (unpaired) electrons. The summed E-state index contributed by atoms with van der Waals surface area (Å²) >= 11 is 0. The van der Waals surface area contributed by atoms with Gasteiger partial charge in [0, 0.05) is 19.1 Å². The smallest absolute Gasteiger partial charge is 0.222 e. The van der Waals surface area contributed by atoms with Crippen molar-refractivity contribution >= 4 is 5.91 Å². The lowest BCUT2D eigenvalue weighted by Gasteiger charge is -2.24. The summed E-state index contributed by atoms with van der Waals surface area (Å²) in [6.07, 6.45) is 3.37. The number of amides is 1. The second-order valence-corrected chi connectivity index (χ2v) is 5.50. The Bertz CT molecular complexity index is 253. The highest BCUT2D eigenvalue weighted by Gasteiger charge is 2.17. The monoisotopic (exact) mass is 272 g/mol. The van der Waals surface area contributed by atoms with E-state index in [1.165, 1.54) is 0 Å². The minimum atomic E-state index is 0.0149. The molecule has 3 N–H and O–H groups in total. The van der Waals surface area contributed by atoms with Gasteiger partial charge in [-0.2, -0.15) is 0 Å². The SMILES string of the molecule is CC(C)C(CCO)NC(=O)CCOC1CCNCC1. The van der Waals surface area contributed by atoms with Crippen molar-refractivity contribution in [2.45, 2.75) is 51.7 Å². The van der Waals surface area contributed by atoms with Crippen molar-refractivity contribution in [3.05, 3.63) is 0 Å². The first-order valence-electron chi connectivity index (χ1n) is 7.36. The van der Waals surface area contributed by atoms with Gasteiger partial charge in [0.15, 0.2) is 0 Å². The van der Waals surface area contributed by atoms with E-state index in [0.29, 0.717) is 31.5 Å². The zero-order chi connectivity index (χ0) is 14.1. The maximum atomic E-state index is 11.8. The quantitative estimate of drug-likeness (QED) is 0.607. The van der Waals surface area contributed by atoms with Gasteiger partial charge in [-0.25, -0.2) is 0 Å². The van der Waals surface area contributed by atoms with Gasteiger partial charge in [-0.3, -0.25) is 4.79 Å². The Kier molecular flexibility index (Phi) is 8.02. The lowest BCUT2D eigenvalue weighted by Crippen LogP contribution is -2.40. The molecule has 0 spiro atoms. The number of piperidine rings is 1. The number of aliphatic hydroxyl groups excluding tert-OH is 1. The molecular weight excluding hydrogens is 244 g/mol. The van der Waals surface area contributed by atoms with E-state index in [1.807, 2.05) is 13.8 Å². The summed E-state index contributed by atoms with van der Waals surface area (Å²) < 4.78 is 5.71. The van der Waals surface area contributed by atoms with E-state index < -0.39 is 0 Å². The average molecular weight is 272 g/mol. The molecule has 1 fully saturated rings. The predicted molar refractivity (Wildman–Crippen MR) is 74.9 cm³/mol. The summed E-state index contributed by atoms with van der Waals surface area (Å²) in [4.78, 5) is 11.8. The molecule has 0 saturated carbocycles. The Morgan fingerprint density at radius 2 is 2.11 bits per heavy atom. The third-order valence-corrected chi connectivity index (χ3v) is 3.56. The molecule has 19 heavy (non-hydrogen) atoms. The molecule has 0 bridgehead atoms. The minimum absolute atomic E-state index is 0.0149. The molecule has 1 amide bonds. The van der Waals surface area contributed by atoms with Gasteiger partial charge in [0.1, 0.15) is 0 Å². The zero-order valence-electron chi connectivity index (χ0n) is 12.2. The summed E-state index contributed by atoms with van der Waals surface area (Å²) in [6.45, 7) is 6.69. The van der Waals surface area contributed by atoms with Crippen LogP contribution in [0.3, 0.4) is 0 Å². The predicted octanol–water partition coefficient (Wildman–Crippen LogP) is 0.668. The highest BCUT2D eigenvalue weighted by Crippen LogP contribution is 2.08. The molecule has 0 aromatic rings. The third-order valence-electron chi connectivity index (χ3n) is 3.56. The standard InChI is InChI=1S/C14H28N2O3/c1-11(2)13(5-9-17)16-14(18)6-10-19-12-3-7-15-8-4-12/h11-13,15,17H,3-10H2,1-2H3,(H,16,18). The van der Waals surface area contributed by atoms with Crippen LogP contribution in [0.1, 0.15) is 39.5 Å². The lowest BCUT2D eigenvalue weighted by molar-refractivity contribution is -0.123. The molecule has 1 heterocycles. The fraction of sp³-hybridized carbons (Fsp3) is 0.929. The van der Waals surface area contributed by atoms with Gasteiger partial charge in [-0.1, -0.05) is 13.8 Å².